The number of nitrogens with zero attached hydrogens (tertiary/aromatic N) is 1. The highest BCUT2D eigenvalue weighted by Gasteiger charge is 2.18. The molecule has 0 unspecified atom stereocenters. The third-order valence-corrected chi connectivity index (χ3v) is 2.57. The molecular formula is C13H11F2N3O2. The summed E-state index contributed by atoms with van der Waals surface area (Å²) in [7, 11) is 1.34. The van der Waals surface area contributed by atoms with E-state index in [9.17, 15) is 13.6 Å². The van der Waals surface area contributed by atoms with E-state index in [0.717, 1.165) is 12.1 Å². The lowest BCUT2D eigenvalue weighted by molar-refractivity contribution is 0.102. The van der Waals surface area contributed by atoms with Gasteiger partial charge in [-0.2, -0.15) is 0 Å². The number of pyridine rings is 1. The molecule has 20 heavy (non-hydrogen) atoms. The molecule has 0 radical (unpaired) electrons. The lowest BCUT2D eigenvalue weighted by Crippen LogP contribution is -2.16. The van der Waals surface area contributed by atoms with E-state index in [0.29, 0.717) is 0 Å². The Bertz CT molecular complexity index is 662. The summed E-state index contributed by atoms with van der Waals surface area (Å²) in [6.45, 7) is 0. The van der Waals surface area contributed by atoms with Crippen LogP contribution in [0.4, 0.5) is 20.2 Å². The molecule has 7 heteroatoms. The van der Waals surface area contributed by atoms with Gasteiger partial charge in [0.05, 0.1) is 12.8 Å². The molecule has 0 fully saturated rings. The number of methoxy groups -OCH3 is 1. The molecular weight excluding hydrogens is 268 g/mol. The number of rotatable bonds is 3. The molecule has 0 saturated carbocycles. The fraction of sp³-hybridized carbons (Fsp3) is 0.0769. The molecule has 1 amide bonds. The van der Waals surface area contributed by atoms with E-state index < -0.39 is 23.2 Å². The summed E-state index contributed by atoms with van der Waals surface area (Å²) < 4.78 is 31.7. The zero-order chi connectivity index (χ0) is 14.7. The molecule has 0 aliphatic carbocycles. The van der Waals surface area contributed by atoms with Gasteiger partial charge in [0.25, 0.3) is 5.91 Å². The first-order valence-electron chi connectivity index (χ1n) is 5.58. The highest BCUT2D eigenvalue weighted by molar-refractivity contribution is 6.07. The molecule has 0 saturated heterocycles. The van der Waals surface area contributed by atoms with Crippen LogP contribution < -0.4 is 15.8 Å². The monoisotopic (exact) mass is 279 g/mol. The number of nitrogen functional groups attached to an aromatic ring is 1. The van der Waals surface area contributed by atoms with E-state index in [1.54, 1.807) is 0 Å². The molecule has 1 aromatic heterocycles. The summed E-state index contributed by atoms with van der Waals surface area (Å²) in [6, 6.07) is 5.00. The molecule has 2 rings (SSSR count). The second kappa shape index (κ2) is 5.52. The van der Waals surface area contributed by atoms with Crippen LogP contribution in [0.1, 0.15) is 10.4 Å². The zero-order valence-corrected chi connectivity index (χ0v) is 10.5. The summed E-state index contributed by atoms with van der Waals surface area (Å²) in [5, 5.41) is 2.21. The van der Waals surface area contributed by atoms with Crippen molar-refractivity contribution in [3.63, 3.8) is 0 Å². The van der Waals surface area contributed by atoms with Crippen molar-refractivity contribution in [1.29, 1.82) is 0 Å². The second-order valence-electron chi connectivity index (χ2n) is 3.84. The Morgan fingerprint density at radius 1 is 1.35 bits per heavy atom. The van der Waals surface area contributed by atoms with Gasteiger partial charge in [-0.3, -0.25) is 4.79 Å². The number of ether oxygens (including phenoxy) is 1. The van der Waals surface area contributed by atoms with Crippen LogP contribution in [0.25, 0.3) is 0 Å². The molecule has 0 aliphatic rings. The van der Waals surface area contributed by atoms with Gasteiger partial charge in [0.1, 0.15) is 11.3 Å². The Morgan fingerprint density at radius 2 is 2.10 bits per heavy atom. The van der Waals surface area contributed by atoms with Crippen LogP contribution in [-0.2, 0) is 0 Å². The average Bonchev–Trinajstić information content (AvgIpc) is 2.47. The first kappa shape index (κ1) is 13.7. The minimum Gasteiger partial charge on any atom is -0.480 e. The minimum atomic E-state index is -1.22. The Kier molecular flexibility index (Phi) is 3.79. The largest absolute Gasteiger partial charge is 0.480 e. The summed E-state index contributed by atoms with van der Waals surface area (Å²) >= 11 is 0. The van der Waals surface area contributed by atoms with Gasteiger partial charge in [-0.05, 0) is 24.3 Å². The quantitative estimate of drug-likeness (QED) is 0.844. The van der Waals surface area contributed by atoms with Gasteiger partial charge in [-0.15, -0.1) is 0 Å². The van der Waals surface area contributed by atoms with Gasteiger partial charge >= 0.3 is 0 Å². The number of hydrogen-bond donors (Lipinski definition) is 2. The van der Waals surface area contributed by atoms with E-state index in [4.69, 9.17) is 10.5 Å². The van der Waals surface area contributed by atoms with Crippen molar-refractivity contribution in [2.24, 2.45) is 0 Å². The third-order valence-electron chi connectivity index (χ3n) is 2.57. The summed E-state index contributed by atoms with van der Waals surface area (Å²) in [5.41, 5.74) is 5.10. The smallest absolute Gasteiger partial charge is 0.261 e. The number of nitrogens with two attached hydrogens (primary N) is 1. The van der Waals surface area contributed by atoms with Gasteiger partial charge in [0.15, 0.2) is 11.6 Å². The molecule has 3 N–H and O–H groups in total. The lowest BCUT2D eigenvalue weighted by Gasteiger charge is -2.11. The number of carbonyl (C=O) groups is 1. The number of hydrogen-bond acceptors (Lipinski definition) is 4. The molecule has 2 aromatic rings. The highest BCUT2D eigenvalue weighted by atomic mass is 19.2. The molecule has 0 atom stereocenters. The third kappa shape index (κ3) is 2.51. The van der Waals surface area contributed by atoms with Crippen LogP contribution in [0, 0.1) is 11.6 Å². The zero-order valence-electron chi connectivity index (χ0n) is 10.5. The maximum Gasteiger partial charge on any atom is 0.261 e. The number of nitrogens with one attached hydrogen (secondary N) is 1. The van der Waals surface area contributed by atoms with Crippen LogP contribution >= 0.6 is 0 Å². The second-order valence-corrected chi connectivity index (χ2v) is 3.84. The van der Waals surface area contributed by atoms with Crippen LogP contribution in [0.5, 0.6) is 5.88 Å². The first-order valence-corrected chi connectivity index (χ1v) is 5.58. The van der Waals surface area contributed by atoms with Crippen LogP contribution in [-0.4, -0.2) is 18.0 Å². The molecule has 0 spiro atoms. The minimum absolute atomic E-state index is 0.0698. The summed E-state index contributed by atoms with van der Waals surface area (Å²) in [4.78, 5) is 15.9. The average molecular weight is 279 g/mol. The molecule has 1 aromatic carbocycles. The fourth-order valence-electron chi connectivity index (χ4n) is 1.60. The molecule has 0 bridgehead atoms. The van der Waals surface area contributed by atoms with Crippen molar-refractivity contribution in [1.82, 2.24) is 4.98 Å². The van der Waals surface area contributed by atoms with E-state index in [2.05, 4.69) is 10.3 Å². The van der Waals surface area contributed by atoms with E-state index >= 15 is 0 Å². The Labute approximate surface area is 113 Å². The topological polar surface area (TPSA) is 77.2 Å². The van der Waals surface area contributed by atoms with Crippen molar-refractivity contribution >= 4 is 17.3 Å². The van der Waals surface area contributed by atoms with Crippen molar-refractivity contribution in [3.05, 3.63) is 47.7 Å². The normalized spacial score (nSPS) is 10.2. The van der Waals surface area contributed by atoms with Gasteiger partial charge in [-0.25, -0.2) is 13.8 Å². The SMILES string of the molecule is COc1ncccc1C(=O)Nc1c(N)ccc(F)c1F. The van der Waals surface area contributed by atoms with Crippen molar-refractivity contribution in [2.75, 3.05) is 18.2 Å². The predicted octanol–water partition coefficient (Wildman–Crippen LogP) is 2.20. The van der Waals surface area contributed by atoms with Crippen LogP contribution in [0.15, 0.2) is 30.5 Å². The summed E-state index contributed by atoms with van der Waals surface area (Å²) in [6.07, 6.45) is 1.44. The van der Waals surface area contributed by atoms with E-state index in [1.165, 1.54) is 25.4 Å². The number of anilines is 2. The molecule has 1 heterocycles. The maximum atomic E-state index is 13.6. The maximum absolute atomic E-state index is 13.6. The first-order chi connectivity index (χ1) is 9.54. The fourth-order valence-corrected chi connectivity index (χ4v) is 1.60. The summed E-state index contributed by atoms with van der Waals surface area (Å²) in [5.74, 6) is -2.96. The standard InChI is InChI=1S/C13H11F2N3O2/c1-20-13-7(3-2-6-17-13)12(19)18-11-9(16)5-4-8(14)10(11)15/h2-6H,16H2,1H3,(H,18,19). The number of carbonyl (C=O) groups excluding carboxylic acids is 1. The van der Waals surface area contributed by atoms with Crippen LogP contribution in [0.3, 0.4) is 0 Å². The molecule has 5 nitrogen and oxygen atoms in total. The van der Waals surface area contributed by atoms with Crippen molar-refractivity contribution < 1.29 is 18.3 Å². The van der Waals surface area contributed by atoms with Gasteiger partial charge in [0, 0.05) is 6.20 Å². The van der Waals surface area contributed by atoms with Crippen LogP contribution in [0.2, 0.25) is 0 Å². The molecule has 0 aliphatic heterocycles. The Morgan fingerprint density at radius 3 is 2.80 bits per heavy atom. The number of benzene rings is 1. The number of aromatic nitrogens is 1. The van der Waals surface area contributed by atoms with E-state index in [-0.39, 0.29) is 17.1 Å². The van der Waals surface area contributed by atoms with Gasteiger partial charge in [-0.1, -0.05) is 0 Å². The van der Waals surface area contributed by atoms with E-state index in [1.807, 2.05) is 0 Å². The number of amides is 1. The highest BCUT2D eigenvalue weighted by Crippen LogP contribution is 2.26. The van der Waals surface area contributed by atoms with Crippen molar-refractivity contribution in [2.45, 2.75) is 0 Å². The van der Waals surface area contributed by atoms with Gasteiger partial charge in [0.2, 0.25) is 5.88 Å². The predicted molar refractivity (Wildman–Crippen MR) is 69.5 cm³/mol. The van der Waals surface area contributed by atoms with Crippen molar-refractivity contribution in [3.8, 4) is 5.88 Å². The Hall–Kier alpha value is -2.70. The molecule has 104 valence electrons. The Balaban J connectivity index is 2.35. The number of halogens is 2. The lowest BCUT2D eigenvalue weighted by atomic mass is 10.2. The van der Waals surface area contributed by atoms with Gasteiger partial charge < -0.3 is 15.8 Å².